The molecule has 1 saturated heterocycles. The molecule has 28 heavy (non-hydrogen) atoms. The molecule has 154 valence electrons. The Morgan fingerprint density at radius 2 is 1.64 bits per heavy atom. The molecular weight excluding hydrogens is 433 g/mol. The lowest BCUT2D eigenvalue weighted by atomic mass is 9.93. The molecule has 2 nitrogen and oxygen atoms in total. The summed E-state index contributed by atoms with van der Waals surface area (Å²) in [5.41, 5.74) is -4.13. The van der Waals surface area contributed by atoms with Gasteiger partial charge in [-0.15, -0.1) is 11.3 Å². The smallest absolute Gasteiger partial charge is 0.314 e. The fourth-order valence-corrected chi connectivity index (χ4v) is 4.42. The normalized spacial score (nSPS) is 17.7. The number of piperazine rings is 1. The van der Waals surface area contributed by atoms with Gasteiger partial charge in [-0.25, -0.2) is 4.39 Å². The van der Waals surface area contributed by atoms with Gasteiger partial charge in [0.2, 0.25) is 0 Å². The average molecular weight is 447 g/mol. The van der Waals surface area contributed by atoms with Gasteiger partial charge in [-0.3, -0.25) is 4.90 Å². The van der Waals surface area contributed by atoms with Crippen molar-refractivity contribution in [1.29, 1.82) is 0 Å². The molecule has 0 radical (unpaired) electrons. The highest BCUT2D eigenvalue weighted by Gasteiger charge is 2.43. The molecule has 1 N–H and O–H groups in total. The fraction of sp³-hybridized carbons (Fsp3) is 0.412. The Kier molecular flexibility index (Phi) is 5.96. The predicted octanol–water partition coefficient (Wildman–Crippen LogP) is 5.57. The van der Waals surface area contributed by atoms with Gasteiger partial charge in [-0.2, -0.15) is 26.3 Å². The molecule has 0 saturated carbocycles. The maximum Gasteiger partial charge on any atom is 0.416 e. The van der Waals surface area contributed by atoms with Crippen molar-refractivity contribution in [2.45, 2.75) is 18.4 Å². The topological polar surface area (TPSA) is 15.3 Å². The number of hydrogen-bond acceptors (Lipinski definition) is 3. The molecule has 2 aromatic rings. The molecule has 0 unspecified atom stereocenters. The van der Waals surface area contributed by atoms with Crippen LogP contribution in [0.3, 0.4) is 0 Å². The van der Waals surface area contributed by atoms with E-state index in [0.29, 0.717) is 31.1 Å². The molecule has 1 aliphatic rings. The van der Waals surface area contributed by atoms with Crippen molar-refractivity contribution in [3.8, 4) is 0 Å². The monoisotopic (exact) mass is 446 g/mol. The van der Waals surface area contributed by atoms with Crippen LogP contribution in [0, 0.1) is 5.82 Å². The lowest BCUT2D eigenvalue weighted by molar-refractivity contribution is -0.144. The van der Waals surface area contributed by atoms with Crippen LogP contribution in [0.25, 0.3) is 0 Å². The van der Waals surface area contributed by atoms with Crippen LogP contribution in [0.5, 0.6) is 0 Å². The summed E-state index contributed by atoms with van der Waals surface area (Å²) in [5.74, 6) is -1.55. The fourth-order valence-electron chi connectivity index (χ4n) is 3.21. The summed E-state index contributed by atoms with van der Waals surface area (Å²) in [4.78, 5) is 1.94. The number of alkyl halides is 6. The minimum atomic E-state index is -5.16. The second-order valence-electron chi connectivity index (χ2n) is 6.25. The number of halogens is 8. The number of nitrogens with one attached hydrogen (secondary N) is 1. The van der Waals surface area contributed by atoms with E-state index in [0.717, 1.165) is 11.3 Å². The van der Waals surface area contributed by atoms with Crippen LogP contribution in [0.2, 0.25) is 4.34 Å². The van der Waals surface area contributed by atoms with Crippen molar-refractivity contribution in [1.82, 2.24) is 10.2 Å². The van der Waals surface area contributed by atoms with Crippen LogP contribution < -0.4 is 5.32 Å². The van der Waals surface area contributed by atoms with Crippen LogP contribution in [0.1, 0.15) is 27.6 Å². The maximum atomic E-state index is 14.8. The molecule has 1 aromatic heterocycles. The Morgan fingerprint density at radius 3 is 2.14 bits per heavy atom. The van der Waals surface area contributed by atoms with E-state index in [2.05, 4.69) is 5.32 Å². The van der Waals surface area contributed by atoms with Crippen LogP contribution in [0.4, 0.5) is 30.7 Å². The summed E-state index contributed by atoms with van der Waals surface area (Å²) < 4.78 is 95.0. The number of hydrogen-bond donors (Lipinski definition) is 1. The zero-order valence-corrected chi connectivity index (χ0v) is 15.7. The summed E-state index contributed by atoms with van der Waals surface area (Å²) in [6.07, 6.45) is -10.3. The van der Waals surface area contributed by atoms with E-state index in [1.54, 1.807) is 4.90 Å². The van der Waals surface area contributed by atoms with E-state index in [4.69, 9.17) is 11.6 Å². The number of nitrogens with zero attached hydrogens (tertiary/aromatic N) is 1. The van der Waals surface area contributed by atoms with Gasteiger partial charge < -0.3 is 5.32 Å². The third-order valence-corrected chi connectivity index (χ3v) is 5.70. The van der Waals surface area contributed by atoms with Crippen molar-refractivity contribution in [3.63, 3.8) is 0 Å². The van der Waals surface area contributed by atoms with Gasteiger partial charge in [-0.1, -0.05) is 11.6 Å². The SMILES string of the molecule is Fc1cc(C(F)(F)F)cc(C(F)(F)F)c1[C@H](c1ccc(Cl)s1)N1CCNCC1. The average Bonchev–Trinajstić information content (AvgIpc) is 3.01. The molecule has 11 heteroatoms. The quantitative estimate of drug-likeness (QED) is 0.620. The molecule has 1 aliphatic heterocycles. The predicted molar refractivity (Wildman–Crippen MR) is 92.0 cm³/mol. The van der Waals surface area contributed by atoms with E-state index < -0.39 is 40.9 Å². The summed E-state index contributed by atoms with van der Waals surface area (Å²) in [6.45, 7) is 1.52. The third-order valence-electron chi connectivity index (χ3n) is 4.42. The molecule has 0 amide bonds. The molecular formula is C17H14ClF7N2S. The Labute approximate surface area is 164 Å². The Morgan fingerprint density at radius 1 is 1.00 bits per heavy atom. The van der Waals surface area contributed by atoms with Crippen molar-refractivity contribution in [2.24, 2.45) is 0 Å². The zero-order chi connectivity index (χ0) is 20.7. The third kappa shape index (κ3) is 4.45. The van der Waals surface area contributed by atoms with E-state index in [9.17, 15) is 30.7 Å². The number of benzene rings is 1. The minimum Gasteiger partial charge on any atom is -0.314 e. The Hall–Kier alpha value is -1.36. The van der Waals surface area contributed by atoms with Crippen LogP contribution in [0.15, 0.2) is 24.3 Å². The van der Waals surface area contributed by atoms with Crippen molar-refractivity contribution < 1.29 is 30.7 Å². The van der Waals surface area contributed by atoms with Gasteiger partial charge in [-0.05, 0) is 24.3 Å². The van der Waals surface area contributed by atoms with Gasteiger partial charge in [0.15, 0.2) is 0 Å². The van der Waals surface area contributed by atoms with E-state index in [-0.39, 0.29) is 16.5 Å². The highest BCUT2D eigenvalue weighted by molar-refractivity contribution is 7.16. The largest absolute Gasteiger partial charge is 0.416 e. The number of rotatable bonds is 3. The zero-order valence-electron chi connectivity index (χ0n) is 14.1. The van der Waals surface area contributed by atoms with Crippen molar-refractivity contribution in [3.05, 3.63) is 56.0 Å². The first-order valence-corrected chi connectivity index (χ1v) is 9.36. The van der Waals surface area contributed by atoms with Crippen LogP contribution >= 0.6 is 22.9 Å². The van der Waals surface area contributed by atoms with Crippen LogP contribution in [-0.4, -0.2) is 31.1 Å². The maximum absolute atomic E-state index is 14.8. The van der Waals surface area contributed by atoms with Gasteiger partial charge in [0.25, 0.3) is 0 Å². The molecule has 2 heterocycles. The van der Waals surface area contributed by atoms with E-state index >= 15 is 0 Å². The standard InChI is InChI=1S/C17H14ClF7N2S/c18-13-2-1-12(28-13)15(27-5-3-26-4-6-27)14-10(17(23,24)25)7-9(8-11(14)19)16(20,21)22/h1-2,7-8,15,26H,3-6H2/t15-/m0/s1. The first-order chi connectivity index (χ1) is 13.0. The molecule has 0 spiro atoms. The second-order valence-corrected chi connectivity index (χ2v) is 7.99. The summed E-state index contributed by atoms with van der Waals surface area (Å²) in [6, 6.07) is 1.83. The second kappa shape index (κ2) is 7.81. The Balaban J connectivity index is 2.23. The molecule has 0 aliphatic carbocycles. The number of thiophene rings is 1. The minimum absolute atomic E-state index is 0.0250. The summed E-state index contributed by atoms with van der Waals surface area (Å²) in [5, 5.41) is 3.04. The Bertz CT molecular complexity index is 841. The molecule has 3 rings (SSSR count). The first-order valence-electron chi connectivity index (χ1n) is 8.16. The van der Waals surface area contributed by atoms with Gasteiger partial charge in [0.1, 0.15) is 5.82 Å². The summed E-state index contributed by atoms with van der Waals surface area (Å²) >= 11 is 6.88. The first kappa shape index (κ1) is 21.4. The molecule has 1 aromatic carbocycles. The van der Waals surface area contributed by atoms with E-state index in [1.807, 2.05) is 0 Å². The lowest BCUT2D eigenvalue weighted by Crippen LogP contribution is -2.45. The van der Waals surface area contributed by atoms with Gasteiger partial charge in [0, 0.05) is 36.6 Å². The highest BCUT2D eigenvalue weighted by atomic mass is 35.5. The molecule has 0 bridgehead atoms. The lowest BCUT2D eigenvalue weighted by Gasteiger charge is -2.36. The van der Waals surface area contributed by atoms with Crippen LogP contribution in [-0.2, 0) is 12.4 Å². The highest BCUT2D eigenvalue weighted by Crippen LogP contribution is 2.45. The van der Waals surface area contributed by atoms with Crippen molar-refractivity contribution in [2.75, 3.05) is 26.2 Å². The molecule has 1 fully saturated rings. The van der Waals surface area contributed by atoms with E-state index in [1.165, 1.54) is 12.1 Å². The van der Waals surface area contributed by atoms with Crippen molar-refractivity contribution >= 4 is 22.9 Å². The molecule has 1 atom stereocenters. The summed E-state index contributed by atoms with van der Waals surface area (Å²) in [7, 11) is 0. The van der Waals surface area contributed by atoms with Gasteiger partial charge in [0.05, 0.1) is 21.5 Å². The van der Waals surface area contributed by atoms with Gasteiger partial charge >= 0.3 is 12.4 Å².